The third-order valence-corrected chi connectivity index (χ3v) is 2.62. The van der Waals surface area contributed by atoms with Crippen LogP contribution in [0.4, 0.5) is 0 Å². The van der Waals surface area contributed by atoms with Crippen LogP contribution in [-0.4, -0.2) is 11.8 Å². The summed E-state index contributed by atoms with van der Waals surface area (Å²) in [5, 5.41) is 0. The van der Waals surface area contributed by atoms with Crippen molar-refractivity contribution < 1.29 is 4.79 Å². The molecular weight excluding hydrogens is 182 g/mol. The van der Waals surface area contributed by atoms with Gasteiger partial charge < -0.3 is 0 Å². The molecule has 0 bridgehead atoms. The summed E-state index contributed by atoms with van der Waals surface area (Å²) in [4.78, 5) is 9.70. The number of unbranched alkanes of at least 4 members (excludes halogenated alkanes) is 6. The van der Waals surface area contributed by atoms with Gasteiger partial charge in [0.15, 0.2) is 0 Å². The highest BCUT2D eigenvalue weighted by Crippen LogP contribution is 2.10. The maximum atomic E-state index is 9.70. The number of nitrogens with zero attached hydrogens (tertiary/aromatic N) is 1. The van der Waals surface area contributed by atoms with Crippen molar-refractivity contribution in [3.8, 4) is 0 Å². The first-order valence-corrected chi connectivity index (χ1v) is 6.05. The molecule has 0 radical (unpaired) electrons. The first kappa shape index (κ1) is 12.7. The maximum Gasteiger partial charge on any atom is 0.247 e. The minimum Gasteiger partial charge on any atom is -0.210 e. The first-order chi connectivity index (χ1) is 6.41. The number of hydrogen-bond donors (Lipinski definition) is 0. The molecule has 0 fully saturated rings. The highest BCUT2D eigenvalue weighted by Gasteiger charge is 1.90. The van der Waals surface area contributed by atoms with Crippen molar-refractivity contribution in [3.05, 3.63) is 0 Å². The van der Waals surface area contributed by atoms with Crippen molar-refractivity contribution in [1.29, 1.82) is 0 Å². The monoisotopic (exact) mass is 201 g/mol. The molecule has 0 aliphatic heterocycles. The predicted molar refractivity (Wildman–Crippen MR) is 58.6 cm³/mol. The molecule has 0 rings (SSSR count). The number of carbonyl (C=O) groups excluding carboxylic acids is 1. The molecule has 76 valence electrons. The van der Waals surface area contributed by atoms with E-state index in [2.05, 4.69) is 11.3 Å². The van der Waals surface area contributed by atoms with Gasteiger partial charge in [0.25, 0.3) is 0 Å². The third-order valence-electron chi connectivity index (χ3n) is 1.94. The Hall–Kier alpha value is -0.270. The number of isocyanates is 1. The highest BCUT2D eigenvalue weighted by atomic mass is 32.2. The fourth-order valence-electron chi connectivity index (χ4n) is 1.20. The highest BCUT2D eigenvalue weighted by molar-refractivity contribution is 7.98. The molecule has 0 aromatic heterocycles. The van der Waals surface area contributed by atoms with Gasteiger partial charge in [-0.05, 0) is 18.4 Å². The van der Waals surface area contributed by atoms with Crippen molar-refractivity contribution in [3.63, 3.8) is 0 Å². The van der Waals surface area contributed by atoms with Gasteiger partial charge >= 0.3 is 0 Å². The summed E-state index contributed by atoms with van der Waals surface area (Å²) in [5.41, 5.74) is 0. The van der Waals surface area contributed by atoms with Crippen LogP contribution in [-0.2, 0) is 4.79 Å². The lowest BCUT2D eigenvalue weighted by Gasteiger charge is -1.98. The molecule has 0 aromatic carbocycles. The van der Waals surface area contributed by atoms with E-state index in [0.29, 0.717) is 0 Å². The Morgan fingerprint density at radius 3 is 2.31 bits per heavy atom. The SMILES string of the molecule is CCCCCCCCCSN=C=O. The van der Waals surface area contributed by atoms with E-state index in [4.69, 9.17) is 0 Å². The van der Waals surface area contributed by atoms with Crippen molar-refractivity contribution in [2.24, 2.45) is 4.40 Å². The molecule has 0 heterocycles. The zero-order valence-electron chi connectivity index (χ0n) is 8.42. The van der Waals surface area contributed by atoms with E-state index in [1.54, 1.807) is 0 Å². The summed E-state index contributed by atoms with van der Waals surface area (Å²) >= 11 is 1.32. The Balaban J connectivity index is 2.87. The molecule has 0 amide bonds. The molecule has 0 saturated carbocycles. The van der Waals surface area contributed by atoms with Gasteiger partial charge in [0.2, 0.25) is 6.08 Å². The molecule has 3 heteroatoms. The van der Waals surface area contributed by atoms with E-state index < -0.39 is 0 Å². The Morgan fingerprint density at radius 2 is 1.69 bits per heavy atom. The normalized spacial score (nSPS) is 9.62. The Morgan fingerprint density at radius 1 is 1.08 bits per heavy atom. The summed E-state index contributed by atoms with van der Waals surface area (Å²) < 4.78 is 3.43. The van der Waals surface area contributed by atoms with Crippen molar-refractivity contribution in [2.75, 3.05) is 5.75 Å². The van der Waals surface area contributed by atoms with Crippen LogP contribution in [0, 0.1) is 0 Å². The molecule has 2 nitrogen and oxygen atoms in total. The van der Waals surface area contributed by atoms with Crippen LogP contribution in [0.5, 0.6) is 0 Å². The minimum absolute atomic E-state index is 0.961. The van der Waals surface area contributed by atoms with Gasteiger partial charge in [0.05, 0.1) is 0 Å². The van der Waals surface area contributed by atoms with Crippen LogP contribution in [0.15, 0.2) is 4.40 Å². The Labute approximate surface area is 85.3 Å². The zero-order chi connectivity index (χ0) is 9.78. The molecule has 0 saturated heterocycles. The fourth-order valence-corrected chi connectivity index (χ4v) is 1.67. The van der Waals surface area contributed by atoms with Gasteiger partial charge in [-0.1, -0.05) is 45.4 Å². The van der Waals surface area contributed by atoms with E-state index >= 15 is 0 Å². The second-order valence-corrected chi connectivity index (χ2v) is 3.99. The van der Waals surface area contributed by atoms with E-state index in [0.717, 1.165) is 5.75 Å². The summed E-state index contributed by atoms with van der Waals surface area (Å²) in [6.07, 6.45) is 10.7. The molecule has 13 heavy (non-hydrogen) atoms. The van der Waals surface area contributed by atoms with E-state index in [-0.39, 0.29) is 0 Å². The van der Waals surface area contributed by atoms with Gasteiger partial charge in [-0.3, -0.25) is 0 Å². The largest absolute Gasteiger partial charge is 0.247 e. The fraction of sp³-hybridized carbons (Fsp3) is 0.900. The lowest BCUT2D eigenvalue weighted by atomic mass is 10.1. The lowest BCUT2D eigenvalue weighted by molar-refractivity contribution is 0.566. The molecule has 0 N–H and O–H groups in total. The van der Waals surface area contributed by atoms with Crippen molar-refractivity contribution in [2.45, 2.75) is 51.9 Å². The molecule has 0 unspecified atom stereocenters. The van der Waals surface area contributed by atoms with Crippen molar-refractivity contribution in [1.82, 2.24) is 0 Å². The predicted octanol–water partition coefficient (Wildman–Crippen LogP) is 3.72. The van der Waals surface area contributed by atoms with Gasteiger partial charge in [0.1, 0.15) is 0 Å². The van der Waals surface area contributed by atoms with Gasteiger partial charge in [-0.2, -0.15) is 0 Å². The van der Waals surface area contributed by atoms with Crippen LogP contribution in [0.3, 0.4) is 0 Å². The van der Waals surface area contributed by atoms with E-state index in [1.165, 1.54) is 63.0 Å². The Kier molecular flexibility index (Phi) is 11.5. The third kappa shape index (κ3) is 11.7. The standard InChI is InChI=1S/C10H19NOS/c1-2-3-4-5-6-7-8-9-13-11-10-12/h2-9H2,1H3. The van der Waals surface area contributed by atoms with Gasteiger partial charge in [0, 0.05) is 5.75 Å². The molecule has 0 atom stereocenters. The summed E-state index contributed by atoms with van der Waals surface area (Å²) in [5.74, 6) is 0.961. The van der Waals surface area contributed by atoms with E-state index in [1.807, 2.05) is 0 Å². The topological polar surface area (TPSA) is 29.4 Å². The smallest absolute Gasteiger partial charge is 0.210 e. The number of hydrogen-bond acceptors (Lipinski definition) is 3. The van der Waals surface area contributed by atoms with Gasteiger partial charge in [-0.25, -0.2) is 4.79 Å². The molecule has 0 spiro atoms. The molecule has 0 aliphatic rings. The quantitative estimate of drug-likeness (QED) is 0.246. The Bertz CT molecular complexity index is 144. The number of rotatable bonds is 9. The first-order valence-electron chi connectivity index (χ1n) is 5.11. The van der Waals surface area contributed by atoms with Crippen molar-refractivity contribution >= 4 is 18.0 Å². The summed E-state index contributed by atoms with van der Waals surface area (Å²) in [6.45, 7) is 2.23. The van der Waals surface area contributed by atoms with E-state index in [9.17, 15) is 4.79 Å². The second-order valence-electron chi connectivity index (χ2n) is 3.14. The summed E-state index contributed by atoms with van der Waals surface area (Å²) in [6, 6.07) is 0. The van der Waals surface area contributed by atoms with Crippen LogP contribution < -0.4 is 0 Å². The average Bonchev–Trinajstić information content (AvgIpc) is 2.16. The molecule has 0 aromatic rings. The van der Waals surface area contributed by atoms with Crippen LogP contribution in [0.25, 0.3) is 0 Å². The minimum atomic E-state index is 0.961. The molecule has 0 aliphatic carbocycles. The van der Waals surface area contributed by atoms with Crippen LogP contribution in [0.1, 0.15) is 51.9 Å². The van der Waals surface area contributed by atoms with Crippen LogP contribution >= 0.6 is 11.9 Å². The van der Waals surface area contributed by atoms with Gasteiger partial charge in [-0.15, -0.1) is 4.40 Å². The zero-order valence-corrected chi connectivity index (χ0v) is 9.24. The van der Waals surface area contributed by atoms with Crippen LogP contribution in [0.2, 0.25) is 0 Å². The summed E-state index contributed by atoms with van der Waals surface area (Å²) in [7, 11) is 0. The lowest BCUT2D eigenvalue weighted by Crippen LogP contribution is -1.81. The molecular formula is C10H19NOS. The maximum absolute atomic E-state index is 9.70. The average molecular weight is 201 g/mol. The second kappa shape index (κ2) is 11.7.